The van der Waals surface area contributed by atoms with E-state index in [1.165, 1.54) is 6.07 Å². The normalized spacial score (nSPS) is 10.9. The molecule has 2 rings (SSSR count). The molecule has 2 aromatic rings. The van der Waals surface area contributed by atoms with Gasteiger partial charge >= 0.3 is 7.82 Å². The van der Waals surface area contributed by atoms with E-state index in [0.29, 0.717) is 5.39 Å². The Hall–Kier alpha value is -1.61. The van der Waals surface area contributed by atoms with Gasteiger partial charge in [0.25, 0.3) is 10.1 Å². The van der Waals surface area contributed by atoms with Crippen molar-refractivity contribution in [2.75, 3.05) is 0 Å². The van der Waals surface area contributed by atoms with Gasteiger partial charge in [-0.3, -0.25) is 4.55 Å². The topological polar surface area (TPSA) is 149 Å². The Labute approximate surface area is 120 Å². The number of rotatable bonds is 1. The van der Waals surface area contributed by atoms with Crippen LogP contribution in [-0.4, -0.2) is 34.4 Å². The van der Waals surface area contributed by atoms with Crippen molar-refractivity contribution in [1.82, 2.24) is 0 Å². The average Bonchev–Trinajstić information content (AvgIpc) is 2.37. The molecule has 0 radical (unpaired) electrons. The third kappa shape index (κ3) is 7.66. The molecule has 4 N–H and O–H groups in total. The van der Waals surface area contributed by atoms with Crippen LogP contribution in [0.3, 0.4) is 0 Å². The molecule has 2 aromatic carbocycles. The third-order valence-corrected chi connectivity index (χ3v) is 2.94. The average molecular weight is 336 g/mol. The summed E-state index contributed by atoms with van der Waals surface area (Å²) < 4.78 is 39.8. The van der Waals surface area contributed by atoms with Crippen LogP contribution in [0.15, 0.2) is 47.4 Å². The molecule has 8 nitrogen and oxygen atoms in total. The van der Waals surface area contributed by atoms with Gasteiger partial charge in [-0.2, -0.15) is 8.42 Å². The molecule has 0 spiro atoms. The van der Waals surface area contributed by atoms with Gasteiger partial charge < -0.3 is 19.5 Å². The van der Waals surface area contributed by atoms with Gasteiger partial charge in [0, 0.05) is 5.39 Å². The van der Waals surface area contributed by atoms with Crippen LogP contribution >= 0.6 is 7.82 Å². The largest absolute Gasteiger partial charge is 0.466 e. The second-order valence-electron chi connectivity index (χ2n) is 3.47. The maximum absolute atomic E-state index is 11.0. The Balaban J connectivity index is 0.000000489. The Morgan fingerprint density at radius 3 is 1.81 bits per heavy atom. The number of carbonyl (C=O) groups excluding carboxylic acids is 1. The number of phosphoric acid groups is 1. The van der Waals surface area contributed by atoms with Gasteiger partial charge in [-0.15, -0.1) is 0 Å². The molecule has 0 aromatic heterocycles. The summed E-state index contributed by atoms with van der Waals surface area (Å²) in [4.78, 5) is 29.5. The first kappa shape index (κ1) is 19.4. The molecule has 116 valence electrons. The lowest BCUT2D eigenvalue weighted by Crippen LogP contribution is -1.98. The van der Waals surface area contributed by atoms with Crippen LogP contribution in [0, 0.1) is 0 Å². The summed E-state index contributed by atoms with van der Waals surface area (Å²) in [7, 11) is -8.77. The molecule has 0 amide bonds. The molecule has 0 atom stereocenters. The van der Waals surface area contributed by atoms with Crippen molar-refractivity contribution < 1.29 is 37.0 Å². The summed E-state index contributed by atoms with van der Waals surface area (Å²) in [6.45, 7) is 2.00. The molecule has 0 heterocycles. The quantitative estimate of drug-likeness (QED) is 0.444. The summed E-state index contributed by atoms with van der Waals surface area (Å²) in [5.74, 6) is 0. The van der Waals surface area contributed by atoms with E-state index in [9.17, 15) is 8.42 Å². The molecule has 10 heteroatoms. The van der Waals surface area contributed by atoms with Gasteiger partial charge in [0.2, 0.25) is 0 Å². The van der Waals surface area contributed by atoms with Crippen LogP contribution in [-0.2, 0) is 19.5 Å². The zero-order valence-electron chi connectivity index (χ0n) is 10.5. The van der Waals surface area contributed by atoms with E-state index < -0.39 is 17.9 Å². The predicted molar refractivity (Wildman–Crippen MR) is 75.1 cm³/mol. The van der Waals surface area contributed by atoms with Crippen molar-refractivity contribution in [2.45, 2.75) is 4.90 Å². The Morgan fingerprint density at radius 1 is 0.905 bits per heavy atom. The first-order valence-electron chi connectivity index (χ1n) is 5.11. The molecule has 0 aliphatic carbocycles. The lowest BCUT2D eigenvalue weighted by molar-refractivity contribution is -0.0980. The van der Waals surface area contributed by atoms with E-state index in [1.54, 1.807) is 30.3 Å². The summed E-state index contributed by atoms with van der Waals surface area (Å²) >= 11 is 0. The van der Waals surface area contributed by atoms with Crippen LogP contribution < -0.4 is 0 Å². The molecule has 0 aliphatic heterocycles. The van der Waals surface area contributed by atoms with Crippen LogP contribution in [0.5, 0.6) is 0 Å². The molecule has 0 aliphatic rings. The molecular formula is C11H13O8PS. The molecule has 0 saturated carbocycles. The summed E-state index contributed by atoms with van der Waals surface area (Å²) in [5.41, 5.74) is 0. The minimum atomic E-state index is -4.64. The maximum Gasteiger partial charge on any atom is 0.466 e. The summed E-state index contributed by atoms with van der Waals surface area (Å²) in [6.07, 6.45) is 0. The van der Waals surface area contributed by atoms with E-state index >= 15 is 0 Å². The Bertz CT molecular complexity index is 723. The second-order valence-corrected chi connectivity index (χ2v) is 5.88. The van der Waals surface area contributed by atoms with Gasteiger partial charge in [0.1, 0.15) is 11.7 Å². The van der Waals surface area contributed by atoms with Crippen molar-refractivity contribution in [1.29, 1.82) is 0 Å². The lowest BCUT2D eigenvalue weighted by atomic mass is 10.1. The van der Waals surface area contributed by atoms with Crippen molar-refractivity contribution in [3.63, 3.8) is 0 Å². The number of hydrogen-bond donors (Lipinski definition) is 4. The predicted octanol–water partition coefficient (Wildman–Crippen LogP) is 0.973. The number of carbonyl (C=O) groups is 1. The summed E-state index contributed by atoms with van der Waals surface area (Å²) in [6, 6.07) is 11.8. The fraction of sp³-hybridized carbons (Fsp3) is 0. The molecule has 21 heavy (non-hydrogen) atoms. The van der Waals surface area contributed by atoms with Crippen molar-refractivity contribution in [3.05, 3.63) is 42.5 Å². The fourth-order valence-corrected chi connectivity index (χ4v) is 2.13. The van der Waals surface area contributed by atoms with Crippen LogP contribution in [0.25, 0.3) is 10.8 Å². The molecular weight excluding hydrogens is 323 g/mol. The SMILES string of the molecule is C=O.O=P(O)(O)O.O=S(=O)(O)c1cccc2ccccc12. The van der Waals surface area contributed by atoms with Gasteiger partial charge in [0.15, 0.2) is 0 Å². The lowest BCUT2D eigenvalue weighted by Gasteiger charge is -2.02. The summed E-state index contributed by atoms with van der Waals surface area (Å²) in [5, 5.41) is 1.33. The minimum absolute atomic E-state index is 0.0457. The van der Waals surface area contributed by atoms with Gasteiger partial charge in [-0.25, -0.2) is 4.57 Å². The van der Waals surface area contributed by atoms with Crippen LogP contribution in [0.2, 0.25) is 0 Å². The number of hydrogen-bond acceptors (Lipinski definition) is 4. The molecule has 0 bridgehead atoms. The smallest absolute Gasteiger partial charge is 0.307 e. The van der Waals surface area contributed by atoms with E-state index in [4.69, 9.17) is 28.6 Å². The van der Waals surface area contributed by atoms with E-state index in [-0.39, 0.29) is 4.90 Å². The van der Waals surface area contributed by atoms with Crippen molar-refractivity contribution >= 4 is 35.5 Å². The van der Waals surface area contributed by atoms with Crippen molar-refractivity contribution in [3.8, 4) is 0 Å². The highest BCUT2D eigenvalue weighted by molar-refractivity contribution is 7.86. The molecule has 0 saturated heterocycles. The van der Waals surface area contributed by atoms with Crippen molar-refractivity contribution in [2.24, 2.45) is 0 Å². The van der Waals surface area contributed by atoms with E-state index in [2.05, 4.69) is 0 Å². The first-order valence-corrected chi connectivity index (χ1v) is 8.12. The monoisotopic (exact) mass is 336 g/mol. The standard InChI is InChI=1S/C10H8O3S.CH2O.H3O4P/c11-14(12,13)10-7-3-5-8-4-1-2-6-9(8)10;1-2;1-5(2,3)4/h1-7H,(H,11,12,13);1H2;(H3,1,2,3,4). The minimum Gasteiger partial charge on any atom is -0.307 e. The number of benzene rings is 2. The highest BCUT2D eigenvalue weighted by Crippen LogP contribution is 2.25. The van der Waals surface area contributed by atoms with Crippen LogP contribution in [0.1, 0.15) is 0 Å². The van der Waals surface area contributed by atoms with Gasteiger partial charge in [-0.1, -0.05) is 36.4 Å². The fourth-order valence-electron chi connectivity index (χ4n) is 1.42. The van der Waals surface area contributed by atoms with E-state index in [1.807, 2.05) is 12.9 Å². The maximum atomic E-state index is 11.0. The van der Waals surface area contributed by atoms with Gasteiger partial charge in [-0.05, 0) is 11.5 Å². The van der Waals surface area contributed by atoms with E-state index in [0.717, 1.165) is 5.39 Å². The second kappa shape index (κ2) is 7.99. The zero-order chi connectivity index (χ0) is 16.7. The molecule has 0 fully saturated rings. The first-order chi connectivity index (χ1) is 9.59. The highest BCUT2D eigenvalue weighted by atomic mass is 32.2. The van der Waals surface area contributed by atoms with Crippen LogP contribution in [0.4, 0.5) is 0 Å². The molecule has 0 unspecified atom stereocenters. The Morgan fingerprint density at radius 2 is 1.33 bits per heavy atom. The zero-order valence-corrected chi connectivity index (χ0v) is 12.2. The van der Waals surface area contributed by atoms with Gasteiger partial charge in [0.05, 0.1) is 0 Å². The third-order valence-electron chi connectivity index (χ3n) is 2.03. The Kier molecular flexibility index (Phi) is 7.37. The highest BCUT2D eigenvalue weighted by Gasteiger charge is 2.12. The number of fused-ring (bicyclic) bond motifs is 1.